The molecule has 0 aliphatic heterocycles. The molecule has 0 aliphatic carbocycles. The number of methoxy groups -OCH3 is 1. The first-order chi connectivity index (χ1) is 12.5. The van der Waals surface area contributed by atoms with Gasteiger partial charge in [0.15, 0.2) is 0 Å². The van der Waals surface area contributed by atoms with Gasteiger partial charge in [-0.2, -0.15) is 0 Å². The molecule has 0 radical (unpaired) electrons. The minimum absolute atomic E-state index is 0.185. The molecule has 0 aliphatic rings. The first kappa shape index (κ1) is 18.4. The van der Waals surface area contributed by atoms with E-state index in [1.54, 1.807) is 44.5 Å². The maximum absolute atomic E-state index is 12.5. The predicted molar refractivity (Wildman–Crippen MR) is 100 cm³/mol. The number of rotatable bonds is 7. The average Bonchev–Trinajstić information content (AvgIpc) is 3.14. The predicted octanol–water partition coefficient (Wildman–Crippen LogP) is 3.73. The lowest BCUT2D eigenvalue weighted by molar-refractivity contribution is 0.411. The molecule has 0 saturated heterocycles. The van der Waals surface area contributed by atoms with Crippen molar-refractivity contribution in [1.82, 2.24) is 9.71 Å². The Labute approximate surface area is 156 Å². The average molecular weight is 390 g/mol. The van der Waals surface area contributed by atoms with E-state index in [-0.39, 0.29) is 11.4 Å². The van der Waals surface area contributed by atoms with Crippen LogP contribution in [0.1, 0.15) is 11.1 Å². The van der Waals surface area contributed by atoms with Crippen LogP contribution in [0.3, 0.4) is 0 Å². The van der Waals surface area contributed by atoms with Gasteiger partial charge >= 0.3 is 0 Å². The summed E-state index contributed by atoms with van der Waals surface area (Å²) in [5.74, 6) is 1.30. The summed E-state index contributed by atoms with van der Waals surface area (Å²) >= 11 is 1.40. The van der Waals surface area contributed by atoms with Crippen LogP contribution < -0.4 is 14.2 Å². The topological polar surface area (TPSA) is 77.5 Å². The van der Waals surface area contributed by atoms with Gasteiger partial charge in [-0.25, -0.2) is 18.1 Å². The van der Waals surface area contributed by atoms with Crippen LogP contribution in [0.2, 0.25) is 0 Å². The molecule has 0 spiro atoms. The summed E-state index contributed by atoms with van der Waals surface area (Å²) in [4.78, 5) is 4.26. The third kappa shape index (κ3) is 4.40. The molecule has 26 heavy (non-hydrogen) atoms. The van der Waals surface area contributed by atoms with Crippen LogP contribution in [-0.4, -0.2) is 20.5 Å². The number of thiazole rings is 1. The summed E-state index contributed by atoms with van der Waals surface area (Å²) in [6.07, 6.45) is 1.67. The number of nitrogens with zero attached hydrogens (tertiary/aromatic N) is 1. The van der Waals surface area contributed by atoms with Crippen LogP contribution in [0.5, 0.6) is 16.7 Å². The summed E-state index contributed by atoms with van der Waals surface area (Å²) in [7, 11) is -2.05. The van der Waals surface area contributed by atoms with Gasteiger partial charge in [0.25, 0.3) is 5.19 Å². The molecule has 0 unspecified atom stereocenters. The van der Waals surface area contributed by atoms with Gasteiger partial charge < -0.3 is 9.47 Å². The van der Waals surface area contributed by atoms with E-state index in [9.17, 15) is 8.42 Å². The molecule has 1 aromatic heterocycles. The van der Waals surface area contributed by atoms with Gasteiger partial charge in [-0.1, -0.05) is 23.5 Å². The van der Waals surface area contributed by atoms with Crippen LogP contribution in [0.25, 0.3) is 0 Å². The Morgan fingerprint density at radius 2 is 1.92 bits per heavy atom. The van der Waals surface area contributed by atoms with E-state index in [0.717, 1.165) is 11.1 Å². The molecule has 8 heteroatoms. The van der Waals surface area contributed by atoms with Crippen molar-refractivity contribution in [3.05, 3.63) is 65.2 Å². The third-order valence-electron chi connectivity index (χ3n) is 3.68. The lowest BCUT2D eigenvalue weighted by atomic mass is 10.2. The second-order valence-corrected chi connectivity index (χ2v) is 8.12. The summed E-state index contributed by atoms with van der Waals surface area (Å²) in [5.41, 5.74) is 1.59. The lowest BCUT2D eigenvalue weighted by Gasteiger charge is -2.10. The van der Waals surface area contributed by atoms with Gasteiger partial charge in [0.05, 0.1) is 12.0 Å². The molecule has 136 valence electrons. The SMILES string of the molecule is COc1ccc(S(=O)(=O)NCc2ccc(Oc3nccs3)cc2)cc1C. The number of aryl methyl sites for hydroxylation is 1. The van der Waals surface area contributed by atoms with E-state index in [1.807, 2.05) is 17.5 Å². The highest BCUT2D eigenvalue weighted by Crippen LogP contribution is 2.24. The smallest absolute Gasteiger partial charge is 0.278 e. The third-order valence-corrected chi connectivity index (χ3v) is 5.73. The zero-order valence-corrected chi connectivity index (χ0v) is 15.9. The van der Waals surface area contributed by atoms with Crippen LogP contribution >= 0.6 is 11.3 Å². The molecule has 0 amide bonds. The highest BCUT2D eigenvalue weighted by Gasteiger charge is 2.15. The molecule has 0 saturated carbocycles. The molecule has 2 aromatic carbocycles. The van der Waals surface area contributed by atoms with Crippen molar-refractivity contribution < 1.29 is 17.9 Å². The normalized spacial score (nSPS) is 11.3. The fraction of sp³-hybridized carbons (Fsp3) is 0.167. The van der Waals surface area contributed by atoms with Crippen LogP contribution in [-0.2, 0) is 16.6 Å². The molecular formula is C18H18N2O4S2. The lowest BCUT2D eigenvalue weighted by Crippen LogP contribution is -2.23. The van der Waals surface area contributed by atoms with Crippen molar-refractivity contribution in [2.75, 3.05) is 7.11 Å². The monoisotopic (exact) mass is 390 g/mol. The van der Waals surface area contributed by atoms with Crippen LogP contribution in [0.15, 0.2) is 58.9 Å². The summed E-state index contributed by atoms with van der Waals surface area (Å²) in [6.45, 7) is 1.99. The van der Waals surface area contributed by atoms with Crippen molar-refractivity contribution in [2.24, 2.45) is 0 Å². The fourth-order valence-corrected chi connectivity index (χ4v) is 3.92. The van der Waals surface area contributed by atoms with Crippen molar-refractivity contribution in [3.8, 4) is 16.7 Å². The number of benzene rings is 2. The zero-order valence-electron chi connectivity index (χ0n) is 14.3. The van der Waals surface area contributed by atoms with Gasteiger partial charge in [0, 0.05) is 18.1 Å². The number of sulfonamides is 1. The molecule has 0 atom stereocenters. The maximum Gasteiger partial charge on any atom is 0.278 e. The summed E-state index contributed by atoms with van der Waals surface area (Å²) in [6, 6.07) is 11.9. The Hall–Kier alpha value is -2.42. The van der Waals surface area contributed by atoms with E-state index in [1.165, 1.54) is 17.4 Å². The number of aromatic nitrogens is 1. The van der Waals surface area contributed by atoms with Gasteiger partial charge in [-0.15, -0.1) is 0 Å². The quantitative estimate of drug-likeness (QED) is 0.665. The standard InChI is InChI=1S/C18H18N2O4S2/c1-13-11-16(7-8-17(13)23-2)26(21,22)20-12-14-3-5-15(6-4-14)24-18-19-9-10-25-18/h3-11,20H,12H2,1-2H3. The molecule has 0 fully saturated rings. The van der Waals surface area contributed by atoms with Crippen molar-refractivity contribution in [3.63, 3.8) is 0 Å². The first-order valence-corrected chi connectivity index (χ1v) is 10.1. The van der Waals surface area contributed by atoms with E-state index < -0.39 is 10.0 Å². The first-order valence-electron chi connectivity index (χ1n) is 7.78. The van der Waals surface area contributed by atoms with E-state index >= 15 is 0 Å². The minimum atomic E-state index is -3.60. The van der Waals surface area contributed by atoms with Crippen molar-refractivity contribution in [1.29, 1.82) is 0 Å². The maximum atomic E-state index is 12.5. The van der Waals surface area contributed by atoms with Crippen molar-refractivity contribution >= 4 is 21.4 Å². The second kappa shape index (κ2) is 7.86. The highest BCUT2D eigenvalue weighted by molar-refractivity contribution is 7.89. The number of ether oxygens (including phenoxy) is 2. The fourth-order valence-electron chi connectivity index (χ4n) is 2.32. The number of hydrogen-bond acceptors (Lipinski definition) is 6. The van der Waals surface area contributed by atoms with Gasteiger partial charge in [-0.05, 0) is 48.4 Å². The molecule has 0 bridgehead atoms. The number of nitrogens with one attached hydrogen (secondary N) is 1. The van der Waals surface area contributed by atoms with Gasteiger partial charge in [0.2, 0.25) is 10.0 Å². The van der Waals surface area contributed by atoms with Crippen LogP contribution in [0.4, 0.5) is 0 Å². The van der Waals surface area contributed by atoms with E-state index in [0.29, 0.717) is 16.7 Å². The molecule has 3 aromatic rings. The van der Waals surface area contributed by atoms with E-state index in [2.05, 4.69) is 9.71 Å². The highest BCUT2D eigenvalue weighted by atomic mass is 32.2. The molecule has 1 N–H and O–H groups in total. The Morgan fingerprint density at radius 1 is 1.15 bits per heavy atom. The Bertz CT molecular complexity index is 969. The zero-order chi connectivity index (χ0) is 18.6. The Kier molecular flexibility index (Phi) is 5.55. The summed E-state index contributed by atoms with van der Waals surface area (Å²) < 4.78 is 38.2. The molecule has 3 rings (SSSR count). The number of hydrogen-bond donors (Lipinski definition) is 1. The van der Waals surface area contributed by atoms with Crippen LogP contribution in [0, 0.1) is 6.92 Å². The van der Waals surface area contributed by atoms with Crippen molar-refractivity contribution in [2.45, 2.75) is 18.4 Å². The molecular weight excluding hydrogens is 372 g/mol. The van der Waals surface area contributed by atoms with Gasteiger partial charge in [-0.3, -0.25) is 0 Å². The molecule has 1 heterocycles. The Balaban J connectivity index is 1.65. The second-order valence-electron chi connectivity index (χ2n) is 5.50. The Morgan fingerprint density at radius 3 is 2.54 bits per heavy atom. The minimum Gasteiger partial charge on any atom is -0.496 e. The largest absolute Gasteiger partial charge is 0.496 e. The van der Waals surface area contributed by atoms with E-state index in [4.69, 9.17) is 9.47 Å². The summed E-state index contributed by atoms with van der Waals surface area (Å²) in [5, 5.41) is 2.40. The molecule has 6 nitrogen and oxygen atoms in total. The van der Waals surface area contributed by atoms with Gasteiger partial charge in [0.1, 0.15) is 11.5 Å².